The van der Waals surface area contributed by atoms with Gasteiger partial charge >= 0.3 is 14.2 Å². The molecule has 2 heterocycles. The van der Waals surface area contributed by atoms with Gasteiger partial charge in [0, 0.05) is 45.3 Å². The molecule has 0 saturated carbocycles. The molecule has 0 radical (unpaired) electrons. The monoisotopic (exact) mass is 1710 g/mol. The van der Waals surface area contributed by atoms with Gasteiger partial charge in [-0.2, -0.15) is 0 Å². The van der Waals surface area contributed by atoms with E-state index in [0.717, 1.165) is 28.8 Å². The molecule has 558 valence electrons. The molecule has 14 aromatic rings. The lowest BCUT2D eigenvalue weighted by atomic mass is 9.73. The second-order valence-corrected chi connectivity index (χ2v) is 37.9. The van der Waals surface area contributed by atoms with E-state index in [-0.39, 0.29) is 52.9 Å². The van der Waals surface area contributed by atoms with Crippen LogP contribution in [0.5, 0.6) is 0 Å². The largest absolute Gasteiger partial charge is 0.494 e. The summed E-state index contributed by atoms with van der Waals surface area (Å²) in [4.78, 5) is 0. The van der Waals surface area contributed by atoms with Crippen LogP contribution in [0, 0.1) is 27.7 Å². The third-order valence-corrected chi connectivity index (χ3v) is 27.2. The van der Waals surface area contributed by atoms with Gasteiger partial charge in [0.1, 0.15) is 0 Å². The Kier molecular flexibility index (Phi) is 20.8. The van der Waals surface area contributed by atoms with E-state index in [0.29, 0.717) is 0 Å². The predicted octanol–water partition coefficient (Wildman–Crippen LogP) is 28.2. The molecule has 5 aliphatic rings. The zero-order valence-corrected chi connectivity index (χ0v) is 73.4. The Morgan fingerprint density at radius 3 is 0.811 bits per heavy atom. The smallest absolute Gasteiger partial charge is 0.399 e. The van der Waals surface area contributed by atoms with E-state index in [1.165, 1.54) is 154 Å². The highest BCUT2D eigenvalue weighted by atomic mass is 79.9. The highest BCUT2D eigenvalue weighted by molar-refractivity contribution is 9.11. The fourth-order valence-electron chi connectivity index (χ4n) is 17.1. The van der Waals surface area contributed by atoms with Crippen LogP contribution in [0.3, 0.4) is 0 Å². The van der Waals surface area contributed by atoms with Crippen molar-refractivity contribution in [2.24, 2.45) is 0 Å². The van der Waals surface area contributed by atoms with E-state index in [1.54, 1.807) is 0 Å². The summed E-state index contributed by atoms with van der Waals surface area (Å²) in [5, 5.41) is 10.3. The summed E-state index contributed by atoms with van der Waals surface area (Å²) in [6.45, 7) is 39.3. The van der Waals surface area contributed by atoms with E-state index in [4.69, 9.17) is 18.6 Å². The average molecular weight is 1720 g/mol. The Morgan fingerprint density at radius 1 is 0.243 bits per heavy atom. The molecule has 0 atom stereocenters. The van der Waals surface area contributed by atoms with Crippen molar-refractivity contribution in [2.45, 2.75) is 163 Å². The number of aryl methyl sites for hydroxylation is 4. The summed E-state index contributed by atoms with van der Waals surface area (Å²) in [6, 6.07) is 91.9. The maximum Gasteiger partial charge on any atom is 0.494 e. The Labute approximate surface area is 691 Å². The van der Waals surface area contributed by atoms with Crippen molar-refractivity contribution in [1.29, 1.82) is 0 Å². The van der Waals surface area contributed by atoms with Crippen LogP contribution in [0.4, 0.5) is 0 Å². The van der Waals surface area contributed by atoms with E-state index in [9.17, 15) is 0 Å². The van der Waals surface area contributed by atoms with Crippen LogP contribution in [0.1, 0.15) is 153 Å². The van der Waals surface area contributed by atoms with Crippen molar-refractivity contribution in [2.75, 3.05) is 0 Å². The molecule has 4 nitrogen and oxygen atoms in total. The first kappa shape index (κ1) is 78.3. The van der Waals surface area contributed by atoms with Gasteiger partial charge in [0.05, 0.1) is 22.4 Å². The van der Waals surface area contributed by atoms with Gasteiger partial charge < -0.3 is 18.6 Å². The van der Waals surface area contributed by atoms with Gasteiger partial charge in [-0.1, -0.05) is 335 Å². The van der Waals surface area contributed by atoms with Crippen molar-refractivity contribution in [3.8, 4) is 55.6 Å². The Balaban J connectivity index is 0.000000113. The van der Waals surface area contributed by atoms with Crippen molar-refractivity contribution in [1.82, 2.24) is 0 Å². The normalized spacial score (nSPS) is 16.7. The molecule has 2 saturated heterocycles. The molecular weight excluding hydrogens is 1620 g/mol. The molecule has 3 aliphatic carbocycles. The molecule has 0 amide bonds. The van der Waals surface area contributed by atoms with Crippen molar-refractivity contribution in [3.05, 3.63) is 328 Å². The average Bonchev–Trinajstić information content (AvgIpc) is 1.51. The van der Waals surface area contributed by atoms with Crippen molar-refractivity contribution in [3.63, 3.8) is 0 Å². The van der Waals surface area contributed by atoms with Crippen LogP contribution >= 0.6 is 63.7 Å². The number of benzene rings is 14. The molecule has 0 aromatic heterocycles. The van der Waals surface area contributed by atoms with Crippen LogP contribution in [-0.2, 0) is 34.9 Å². The van der Waals surface area contributed by atoms with Crippen molar-refractivity contribution >= 4 is 132 Å². The second kappa shape index (κ2) is 29.4. The minimum atomic E-state index is -0.361. The summed E-state index contributed by atoms with van der Waals surface area (Å²) < 4.78 is 29.8. The van der Waals surface area contributed by atoms with E-state index < -0.39 is 0 Å². The summed E-state index contributed by atoms with van der Waals surface area (Å²) >= 11 is 14.6. The number of hydrogen-bond donors (Lipinski definition) is 0. The fraction of sp³-hybridized carbons (Fsp3) is 0.248. The molecule has 0 N–H and O–H groups in total. The molecule has 14 aromatic carbocycles. The Bertz CT molecular complexity index is 5370. The van der Waals surface area contributed by atoms with Crippen LogP contribution in [-0.4, -0.2) is 36.6 Å². The topological polar surface area (TPSA) is 36.9 Å². The van der Waals surface area contributed by atoms with Gasteiger partial charge in [-0.25, -0.2) is 0 Å². The highest BCUT2D eigenvalue weighted by Crippen LogP contribution is 2.53. The third kappa shape index (κ3) is 14.2. The van der Waals surface area contributed by atoms with Crippen LogP contribution in [0.15, 0.2) is 273 Å². The zero-order chi connectivity index (χ0) is 78.8. The third-order valence-electron chi connectivity index (χ3n) is 24.9. The van der Waals surface area contributed by atoms with E-state index in [1.807, 2.05) is 0 Å². The van der Waals surface area contributed by atoms with Crippen LogP contribution in [0.2, 0.25) is 0 Å². The van der Waals surface area contributed by atoms with Gasteiger partial charge in [-0.15, -0.1) is 0 Å². The van der Waals surface area contributed by atoms with Gasteiger partial charge in [-0.3, -0.25) is 0 Å². The first-order valence-electron chi connectivity index (χ1n) is 38.7. The van der Waals surface area contributed by atoms with Gasteiger partial charge in [0.15, 0.2) is 0 Å². The lowest BCUT2D eigenvalue weighted by Crippen LogP contribution is -2.41. The molecule has 0 spiro atoms. The Morgan fingerprint density at radius 2 is 0.495 bits per heavy atom. The van der Waals surface area contributed by atoms with Crippen molar-refractivity contribution < 1.29 is 18.6 Å². The zero-order valence-electron chi connectivity index (χ0n) is 67.0. The molecule has 111 heavy (non-hydrogen) atoms. The lowest BCUT2D eigenvalue weighted by Gasteiger charge is -2.32. The summed E-state index contributed by atoms with van der Waals surface area (Å²) in [5.41, 5.74) is 27.8. The molecule has 10 heteroatoms. The van der Waals surface area contributed by atoms with Gasteiger partial charge in [0.25, 0.3) is 0 Å². The highest BCUT2D eigenvalue weighted by Gasteiger charge is 2.54. The summed E-state index contributed by atoms with van der Waals surface area (Å²) in [6.07, 6.45) is 0. The maximum atomic E-state index is 6.33. The van der Waals surface area contributed by atoms with Gasteiger partial charge in [-0.05, 0) is 263 Å². The first-order valence-corrected chi connectivity index (χ1v) is 41.9. The number of halogens is 4. The van der Waals surface area contributed by atoms with Gasteiger partial charge in [0.2, 0.25) is 0 Å². The second-order valence-electron chi connectivity index (χ2n) is 34.4. The Hall–Kier alpha value is -7.99. The maximum absolute atomic E-state index is 6.33. The molecule has 19 rings (SSSR count). The quantitative estimate of drug-likeness (QED) is 0.165. The molecule has 0 bridgehead atoms. The lowest BCUT2D eigenvalue weighted by molar-refractivity contribution is 0.00578. The molecule has 2 aliphatic heterocycles. The standard InChI is InChI=1S/C27H36B2O4.C22H18.C20H12Br2.C17H18.C15H12Br2/c1-23(2)21-15-17(28-30-24(3,4)25(5,6)31-28)11-13-19(21)20-14-12-18(16-22(20)23)29-32-26(7,8)27(9,10)33-29;1-15-11-13-17-7-3-5-9-19(17)21(15)22-16(2)12-14-18-8-4-6-10-20(18)22;21-17-11-9-13-5-1-3-7-15(13)19(17)20-16-8-4-2-6-14(16)10-12-18(20)22;1-11-5-7-13-14-8-6-12(2)10-16(14)17(3,4)15(13)9-11;1-15(2)13-7-9(16)3-5-11(13)12-6-4-10(17)8-14(12)15/h11-16H,1-10H3;3-14H,1-2H3;1-12H;5-10H,1-4H3;3-8H,1-2H3. The predicted molar refractivity (Wildman–Crippen MR) is 487 cm³/mol. The minimum Gasteiger partial charge on any atom is -0.399 e. The van der Waals surface area contributed by atoms with Crippen LogP contribution in [0.25, 0.3) is 98.7 Å². The van der Waals surface area contributed by atoms with E-state index in [2.05, 4.69) is 443 Å². The molecular formula is C101H96B2Br4O4. The van der Waals surface area contributed by atoms with Crippen LogP contribution < -0.4 is 10.9 Å². The summed E-state index contributed by atoms with van der Waals surface area (Å²) in [7, 11) is -0.722. The number of fused-ring (bicyclic) bond motifs is 13. The molecule has 2 fully saturated rings. The fourth-order valence-corrected chi connectivity index (χ4v) is 18.9. The minimum absolute atomic E-state index is 0.0816. The molecule has 0 unspecified atom stereocenters. The SMILES string of the molecule is Brc1ccc2ccccc2c1-c1c(Br)ccc2ccccc12.CC1(C)c2cc(B3OC(C)(C)C(C)(C)O3)ccc2-c2ccc(B3OC(C)(C)C(C)(C)O3)cc21.CC1(C)c2cc(Br)ccc2-c2ccc(Br)cc21.Cc1ccc2c(c1)C(C)(C)c1cc(C)ccc1-2.Cc1ccc2ccccc2c1-c1c(C)ccc2ccccc12. The summed E-state index contributed by atoms with van der Waals surface area (Å²) in [5.74, 6) is 0. The first-order chi connectivity index (χ1) is 52.6. The van der Waals surface area contributed by atoms with E-state index >= 15 is 0 Å². The number of rotatable bonds is 4. The number of hydrogen-bond acceptors (Lipinski definition) is 4.